The molecule has 0 N–H and O–H groups in total. The minimum atomic E-state index is 0.336. The van der Waals surface area contributed by atoms with Crippen molar-refractivity contribution in [2.45, 2.75) is 6.10 Å². The van der Waals surface area contributed by atoms with E-state index in [1.54, 1.807) is 7.11 Å². The van der Waals surface area contributed by atoms with E-state index in [9.17, 15) is 0 Å². The van der Waals surface area contributed by atoms with Crippen LogP contribution in [0.1, 0.15) is 0 Å². The lowest BCUT2D eigenvalue weighted by atomic mass is 10.5. The van der Waals surface area contributed by atoms with E-state index < -0.39 is 0 Å². The van der Waals surface area contributed by atoms with Crippen LogP contribution in [0.5, 0.6) is 0 Å². The van der Waals surface area contributed by atoms with Crippen LogP contribution in [0.4, 0.5) is 0 Å². The normalized spacial score (nSPS) is 19.4. The van der Waals surface area contributed by atoms with Gasteiger partial charge in [-0.05, 0) is 0 Å². The summed E-state index contributed by atoms with van der Waals surface area (Å²) in [4.78, 5) is 0. The topological polar surface area (TPSA) is 49.5 Å². The predicted octanol–water partition coefficient (Wildman–Crippen LogP) is 0.0814. The average Bonchev–Trinajstić information content (AvgIpc) is 3.05. The van der Waals surface area contributed by atoms with Crippen LogP contribution in [0.3, 0.4) is 0 Å². The zero-order chi connectivity index (χ0) is 10.8. The molecule has 1 heterocycles. The summed E-state index contributed by atoms with van der Waals surface area (Å²) >= 11 is 0. The van der Waals surface area contributed by atoms with Gasteiger partial charge in [0.25, 0.3) is 0 Å². The van der Waals surface area contributed by atoms with Crippen LogP contribution >= 0.6 is 0 Å². The van der Waals surface area contributed by atoms with E-state index in [4.69, 9.17) is 23.7 Å². The van der Waals surface area contributed by atoms with E-state index in [2.05, 4.69) is 0 Å². The van der Waals surface area contributed by atoms with Crippen LogP contribution in [-0.4, -0.2) is 66.1 Å². The van der Waals surface area contributed by atoms with Gasteiger partial charge in [0.2, 0.25) is 0 Å². The standard InChI is InChI=1S/C10H20O5/c1-11-2-3-12-4-5-13-6-7-14-8-10-9-15-10/h10H,2-9H2,1H3/t10-/m1/s1. The molecule has 1 saturated heterocycles. The van der Waals surface area contributed by atoms with Gasteiger partial charge in [-0.3, -0.25) is 0 Å². The molecule has 1 rings (SSSR count). The van der Waals surface area contributed by atoms with Crippen LogP contribution in [0.25, 0.3) is 0 Å². The van der Waals surface area contributed by atoms with E-state index >= 15 is 0 Å². The molecule has 1 aliphatic rings. The fraction of sp³-hybridized carbons (Fsp3) is 1.00. The smallest absolute Gasteiger partial charge is 0.104 e. The van der Waals surface area contributed by atoms with Crippen molar-refractivity contribution in [1.82, 2.24) is 0 Å². The Morgan fingerprint density at radius 2 is 1.47 bits per heavy atom. The zero-order valence-electron chi connectivity index (χ0n) is 9.28. The Bertz CT molecular complexity index is 138. The third-order valence-electron chi connectivity index (χ3n) is 1.88. The third-order valence-corrected chi connectivity index (χ3v) is 1.88. The molecule has 15 heavy (non-hydrogen) atoms. The molecule has 0 radical (unpaired) electrons. The van der Waals surface area contributed by atoms with Crippen molar-refractivity contribution in [1.29, 1.82) is 0 Å². The van der Waals surface area contributed by atoms with Gasteiger partial charge in [0, 0.05) is 7.11 Å². The highest BCUT2D eigenvalue weighted by Crippen LogP contribution is 2.07. The van der Waals surface area contributed by atoms with Gasteiger partial charge in [-0.15, -0.1) is 0 Å². The third kappa shape index (κ3) is 8.77. The maximum atomic E-state index is 5.29. The lowest BCUT2D eigenvalue weighted by Gasteiger charge is -2.05. The highest BCUT2D eigenvalue weighted by molar-refractivity contribution is 4.66. The van der Waals surface area contributed by atoms with Crippen molar-refractivity contribution in [3.63, 3.8) is 0 Å². The zero-order valence-corrected chi connectivity index (χ0v) is 9.28. The van der Waals surface area contributed by atoms with Crippen molar-refractivity contribution < 1.29 is 23.7 Å². The number of rotatable bonds is 11. The van der Waals surface area contributed by atoms with Crippen molar-refractivity contribution in [3.05, 3.63) is 0 Å². The van der Waals surface area contributed by atoms with Crippen LogP contribution in [0.2, 0.25) is 0 Å². The number of hydrogen-bond acceptors (Lipinski definition) is 5. The molecule has 0 bridgehead atoms. The van der Waals surface area contributed by atoms with Gasteiger partial charge < -0.3 is 23.7 Å². The predicted molar refractivity (Wildman–Crippen MR) is 54.1 cm³/mol. The molecule has 0 aromatic rings. The first-order valence-electron chi connectivity index (χ1n) is 5.27. The summed E-state index contributed by atoms with van der Waals surface area (Å²) in [5.41, 5.74) is 0. The first-order chi connectivity index (χ1) is 7.43. The Kier molecular flexibility index (Phi) is 7.77. The second kappa shape index (κ2) is 9.06. The fourth-order valence-electron chi connectivity index (χ4n) is 0.961. The SMILES string of the molecule is COCCOCCOCCOC[C@@H]1CO1. The fourth-order valence-corrected chi connectivity index (χ4v) is 0.961. The number of ether oxygens (including phenoxy) is 5. The first kappa shape index (κ1) is 12.9. The first-order valence-corrected chi connectivity index (χ1v) is 5.27. The molecule has 0 unspecified atom stereocenters. The van der Waals surface area contributed by atoms with Gasteiger partial charge in [0.1, 0.15) is 6.10 Å². The van der Waals surface area contributed by atoms with Gasteiger partial charge >= 0.3 is 0 Å². The van der Waals surface area contributed by atoms with E-state index in [-0.39, 0.29) is 0 Å². The van der Waals surface area contributed by atoms with Crippen LogP contribution in [-0.2, 0) is 23.7 Å². The van der Waals surface area contributed by atoms with Crippen LogP contribution in [0, 0.1) is 0 Å². The molecule has 0 saturated carbocycles. The molecule has 1 fully saturated rings. The summed E-state index contributed by atoms with van der Waals surface area (Å²) in [6.45, 7) is 5.22. The Balaban J connectivity index is 1.62. The largest absolute Gasteiger partial charge is 0.382 e. The minimum Gasteiger partial charge on any atom is -0.382 e. The summed E-state index contributed by atoms with van der Waals surface area (Å²) in [5.74, 6) is 0. The van der Waals surface area contributed by atoms with Crippen molar-refractivity contribution in [2.24, 2.45) is 0 Å². The van der Waals surface area contributed by atoms with E-state index in [0.29, 0.717) is 52.4 Å². The van der Waals surface area contributed by atoms with Crippen LogP contribution in [0.15, 0.2) is 0 Å². The lowest BCUT2D eigenvalue weighted by Crippen LogP contribution is -2.12. The molecular weight excluding hydrogens is 200 g/mol. The second-order valence-electron chi connectivity index (χ2n) is 3.25. The van der Waals surface area contributed by atoms with Gasteiger partial charge in [0.15, 0.2) is 0 Å². The van der Waals surface area contributed by atoms with Crippen LogP contribution < -0.4 is 0 Å². The number of epoxide rings is 1. The van der Waals surface area contributed by atoms with Crippen molar-refractivity contribution in [3.8, 4) is 0 Å². The molecule has 5 heteroatoms. The van der Waals surface area contributed by atoms with Gasteiger partial charge in [-0.25, -0.2) is 0 Å². The summed E-state index contributed by atoms with van der Waals surface area (Å²) in [5, 5.41) is 0. The molecule has 5 nitrogen and oxygen atoms in total. The van der Waals surface area contributed by atoms with E-state index in [0.717, 1.165) is 6.61 Å². The summed E-state index contributed by atoms with van der Waals surface area (Å²) < 4.78 is 25.6. The Hall–Kier alpha value is -0.200. The van der Waals surface area contributed by atoms with E-state index in [1.807, 2.05) is 0 Å². The van der Waals surface area contributed by atoms with Gasteiger partial charge in [-0.2, -0.15) is 0 Å². The van der Waals surface area contributed by atoms with E-state index in [1.165, 1.54) is 0 Å². The molecule has 0 aromatic carbocycles. The summed E-state index contributed by atoms with van der Waals surface area (Å²) in [6.07, 6.45) is 0.336. The number of hydrogen-bond donors (Lipinski definition) is 0. The summed E-state index contributed by atoms with van der Waals surface area (Å²) in [6, 6.07) is 0. The van der Waals surface area contributed by atoms with Crippen molar-refractivity contribution >= 4 is 0 Å². The molecule has 90 valence electrons. The average molecular weight is 220 g/mol. The molecule has 1 aliphatic heterocycles. The van der Waals surface area contributed by atoms with Crippen molar-refractivity contribution in [2.75, 3.05) is 60.0 Å². The maximum absolute atomic E-state index is 5.29. The summed E-state index contributed by atoms with van der Waals surface area (Å²) in [7, 11) is 1.65. The molecule has 1 atom stereocenters. The number of methoxy groups -OCH3 is 1. The minimum absolute atomic E-state index is 0.336. The monoisotopic (exact) mass is 220 g/mol. The highest BCUT2D eigenvalue weighted by atomic mass is 16.6. The molecule has 0 aromatic heterocycles. The van der Waals surface area contributed by atoms with Gasteiger partial charge in [-0.1, -0.05) is 0 Å². The Morgan fingerprint density at radius 1 is 0.933 bits per heavy atom. The maximum Gasteiger partial charge on any atom is 0.104 e. The highest BCUT2D eigenvalue weighted by Gasteiger charge is 2.21. The molecular formula is C10H20O5. The lowest BCUT2D eigenvalue weighted by molar-refractivity contribution is 0.00186. The van der Waals surface area contributed by atoms with Gasteiger partial charge in [0.05, 0.1) is 52.9 Å². The quantitative estimate of drug-likeness (QED) is 0.364. The Morgan fingerprint density at radius 3 is 2.00 bits per heavy atom. The second-order valence-corrected chi connectivity index (χ2v) is 3.25. The molecule has 0 aliphatic carbocycles. The molecule has 0 amide bonds. The Labute approximate surface area is 90.6 Å². The molecule has 0 spiro atoms.